The van der Waals surface area contributed by atoms with Gasteiger partial charge in [-0.15, -0.1) is 6.42 Å². The van der Waals surface area contributed by atoms with E-state index in [0.717, 1.165) is 16.8 Å². The Hall–Kier alpha value is -2.34. The van der Waals surface area contributed by atoms with Crippen molar-refractivity contribution in [1.82, 2.24) is 9.97 Å². The van der Waals surface area contributed by atoms with Gasteiger partial charge in [0.15, 0.2) is 0 Å². The highest BCUT2D eigenvalue weighted by Gasteiger charge is 2.05. The highest BCUT2D eigenvalue weighted by molar-refractivity contribution is 5.65. The van der Waals surface area contributed by atoms with Crippen molar-refractivity contribution in [1.29, 1.82) is 0 Å². The quantitative estimate of drug-likeness (QED) is 0.731. The molecule has 0 saturated heterocycles. The molecule has 0 spiro atoms. The van der Waals surface area contributed by atoms with Gasteiger partial charge in [0.25, 0.3) is 0 Å². The second-order valence-electron chi connectivity index (χ2n) is 3.46. The van der Waals surface area contributed by atoms with Crippen LogP contribution in [0, 0.1) is 19.3 Å². The van der Waals surface area contributed by atoms with Crippen molar-refractivity contribution in [2.75, 3.05) is 5.73 Å². The van der Waals surface area contributed by atoms with E-state index in [9.17, 15) is 0 Å². The third kappa shape index (κ3) is 1.86. The molecular formula is C13H11N3. The smallest absolute Gasteiger partial charge is 0.221 e. The summed E-state index contributed by atoms with van der Waals surface area (Å²) in [5, 5.41) is 0. The van der Waals surface area contributed by atoms with Gasteiger partial charge in [-0.1, -0.05) is 30.2 Å². The summed E-state index contributed by atoms with van der Waals surface area (Å²) < 4.78 is 0. The van der Waals surface area contributed by atoms with Crippen molar-refractivity contribution >= 4 is 5.95 Å². The first-order valence-electron chi connectivity index (χ1n) is 4.88. The van der Waals surface area contributed by atoms with Gasteiger partial charge >= 0.3 is 0 Å². The number of terminal acetylenes is 1. The molecule has 1 heterocycles. The number of rotatable bonds is 1. The van der Waals surface area contributed by atoms with E-state index >= 15 is 0 Å². The highest BCUT2D eigenvalue weighted by atomic mass is 15.0. The number of aryl methyl sites for hydroxylation is 1. The SMILES string of the molecule is C#Cc1cc(-c2ccccc2C)nc(N)n1. The number of nitrogen functional groups attached to an aromatic ring is 1. The van der Waals surface area contributed by atoms with Crippen LogP contribution in [-0.4, -0.2) is 9.97 Å². The molecule has 0 aliphatic carbocycles. The summed E-state index contributed by atoms with van der Waals surface area (Å²) >= 11 is 0. The van der Waals surface area contributed by atoms with Crippen molar-refractivity contribution in [3.8, 4) is 23.6 Å². The number of hydrogen-bond donors (Lipinski definition) is 1. The van der Waals surface area contributed by atoms with E-state index in [1.54, 1.807) is 6.07 Å². The zero-order chi connectivity index (χ0) is 11.5. The van der Waals surface area contributed by atoms with Crippen LogP contribution in [0.4, 0.5) is 5.95 Å². The highest BCUT2D eigenvalue weighted by Crippen LogP contribution is 2.21. The molecule has 78 valence electrons. The van der Waals surface area contributed by atoms with E-state index < -0.39 is 0 Å². The number of anilines is 1. The molecule has 0 atom stereocenters. The fraction of sp³-hybridized carbons (Fsp3) is 0.0769. The molecule has 0 amide bonds. The largest absolute Gasteiger partial charge is 0.368 e. The summed E-state index contributed by atoms with van der Waals surface area (Å²) in [6.45, 7) is 2.02. The van der Waals surface area contributed by atoms with Crippen LogP contribution in [0.1, 0.15) is 11.3 Å². The van der Waals surface area contributed by atoms with Gasteiger partial charge in [0, 0.05) is 5.56 Å². The minimum Gasteiger partial charge on any atom is -0.368 e. The molecule has 2 aromatic rings. The Balaban J connectivity index is 2.61. The molecule has 16 heavy (non-hydrogen) atoms. The Labute approximate surface area is 94.4 Å². The standard InChI is InChI=1S/C13H11N3/c1-3-10-8-12(16-13(14)15-10)11-7-5-4-6-9(11)2/h1,4-8H,2H3,(H2,14,15,16). The molecule has 1 aromatic heterocycles. The third-order valence-electron chi connectivity index (χ3n) is 2.31. The van der Waals surface area contributed by atoms with Crippen LogP contribution < -0.4 is 5.73 Å². The first-order chi connectivity index (χ1) is 7.70. The molecule has 0 fully saturated rings. The maximum Gasteiger partial charge on any atom is 0.221 e. The second kappa shape index (κ2) is 4.03. The average molecular weight is 209 g/mol. The Bertz CT molecular complexity index is 568. The van der Waals surface area contributed by atoms with Gasteiger partial charge in [-0.05, 0) is 18.6 Å². The first kappa shape index (κ1) is 10.2. The number of aromatic nitrogens is 2. The molecule has 0 aliphatic rings. The van der Waals surface area contributed by atoms with Crippen LogP contribution in [0.2, 0.25) is 0 Å². The third-order valence-corrected chi connectivity index (χ3v) is 2.31. The van der Waals surface area contributed by atoms with E-state index in [-0.39, 0.29) is 5.95 Å². The minimum absolute atomic E-state index is 0.203. The molecule has 2 rings (SSSR count). The van der Waals surface area contributed by atoms with E-state index in [4.69, 9.17) is 12.2 Å². The molecule has 0 aliphatic heterocycles. The van der Waals surface area contributed by atoms with E-state index in [2.05, 4.69) is 15.9 Å². The van der Waals surface area contributed by atoms with Crippen molar-refractivity contribution < 1.29 is 0 Å². The monoisotopic (exact) mass is 209 g/mol. The molecule has 1 aromatic carbocycles. The molecule has 2 N–H and O–H groups in total. The van der Waals surface area contributed by atoms with E-state index in [0.29, 0.717) is 5.69 Å². The molecule has 0 bridgehead atoms. The lowest BCUT2D eigenvalue weighted by Crippen LogP contribution is -1.99. The predicted octanol–water partition coefficient (Wildman–Crippen LogP) is 2.02. The number of benzene rings is 1. The maximum atomic E-state index is 5.60. The van der Waals surface area contributed by atoms with Gasteiger partial charge in [-0.3, -0.25) is 0 Å². The predicted molar refractivity (Wildman–Crippen MR) is 64.6 cm³/mol. The van der Waals surface area contributed by atoms with Crippen LogP contribution >= 0.6 is 0 Å². The summed E-state index contributed by atoms with van der Waals surface area (Å²) in [5.41, 5.74) is 9.02. The van der Waals surface area contributed by atoms with Crippen LogP contribution in [-0.2, 0) is 0 Å². The maximum absolute atomic E-state index is 5.60. The Kier molecular flexibility index (Phi) is 2.57. The number of hydrogen-bond acceptors (Lipinski definition) is 3. The van der Waals surface area contributed by atoms with E-state index in [1.807, 2.05) is 31.2 Å². The number of nitrogens with zero attached hydrogens (tertiary/aromatic N) is 2. The topological polar surface area (TPSA) is 51.8 Å². The molecule has 0 radical (unpaired) electrons. The van der Waals surface area contributed by atoms with Gasteiger partial charge in [0.05, 0.1) is 5.69 Å². The Morgan fingerprint density at radius 2 is 2.00 bits per heavy atom. The molecule has 3 heteroatoms. The van der Waals surface area contributed by atoms with Crippen LogP contribution in [0.15, 0.2) is 30.3 Å². The normalized spacial score (nSPS) is 9.75. The lowest BCUT2D eigenvalue weighted by molar-refractivity contribution is 1.17. The van der Waals surface area contributed by atoms with Gasteiger partial charge in [-0.25, -0.2) is 9.97 Å². The fourth-order valence-electron chi connectivity index (χ4n) is 1.54. The van der Waals surface area contributed by atoms with Crippen molar-refractivity contribution in [2.45, 2.75) is 6.92 Å². The van der Waals surface area contributed by atoms with Gasteiger partial charge in [0.1, 0.15) is 5.69 Å². The Morgan fingerprint density at radius 1 is 1.25 bits per heavy atom. The molecule has 3 nitrogen and oxygen atoms in total. The zero-order valence-corrected chi connectivity index (χ0v) is 8.94. The first-order valence-corrected chi connectivity index (χ1v) is 4.88. The van der Waals surface area contributed by atoms with Crippen LogP contribution in [0.5, 0.6) is 0 Å². The van der Waals surface area contributed by atoms with Crippen molar-refractivity contribution in [2.24, 2.45) is 0 Å². The van der Waals surface area contributed by atoms with Gasteiger partial charge in [0.2, 0.25) is 5.95 Å². The molecule has 0 unspecified atom stereocenters. The number of nitrogens with two attached hydrogens (primary N) is 1. The van der Waals surface area contributed by atoms with Crippen molar-refractivity contribution in [3.63, 3.8) is 0 Å². The molecular weight excluding hydrogens is 198 g/mol. The summed E-state index contributed by atoms with van der Waals surface area (Å²) in [6, 6.07) is 9.70. The van der Waals surface area contributed by atoms with E-state index in [1.165, 1.54) is 0 Å². The van der Waals surface area contributed by atoms with Crippen LogP contribution in [0.3, 0.4) is 0 Å². The lowest BCUT2D eigenvalue weighted by atomic mass is 10.1. The van der Waals surface area contributed by atoms with Crippen molar-refractivity contribution in [3.05, 3.63) is 41.6 Å². The van der Waals surface area contributed by atoms with Crippen LogP contribution in [0.25, 0.3) is 11.3 Å². The van der Waals surface area contributed by atoms with Gasteiger partial charge < -0.3 is 5.73 Å². The zero-order valence-electron chi connectivity index (χ0n) is 8.94. The Morgan fingerprint density at radius 3 is 2.69 bits per heavy atom. The average Bonchev–Trinajstić information content (AvgIpc) is 2.28. The lowest BCUT2D eigenvalue weighted by Gasteiger charge is -2.05. The second-order valence-corrected chi connectivity index (χ2v) is 3.46. The summed E-state index contributed by atoms with van der Waals surface area (Å²) in [5.74, 6) is 2.67. The van der Waals surface area contributed by atoms with Gasteiger partial charge in [-0.2, -0.15) is 0 Å². The summed E-state index contributed by atoms with van der Waals surface area (Å²) in [7, 11) is 0. The fourth-order valence-corrected chi connectivity index (χ4v) is 1.54. The summed E-state index contributed by atoms with van der Waals surface area (Å²) in [4.78, 5) is 8.12. The molecule has 0 saturated carbocycles. The minimum atomic E-state index is 0.203. The summed E-state index contributed by atoms with van der Waals surface area (Å²) in [6.07, 6.45) is 5.31.